The summed E-state index contributed by atoms with van der Waals surface area (Å²) in [6.07, 6.45) is -15.6. The molecule has 0 radical (unpaired) electrons. The van der Waals surface area contributed by atoms with E-state index in [4.69, 9.17) is 23.7 Å². The Balaban J connectivity index is 1.79. The van der Waals surface area contributed by atoms with Gasteiger partial charge in [0.05, 0.1) is 32.5 Å². The van der Waals surface area contributed by atoms with Gasteiger partial charge in [0.1, 0.15) is 61.0 Å². The third-order valence-electron chi connectivity index (χ3n) is 6.41. The zero-order chi connectivity index (χ0) is 27.4. The molecular weight excluding hydrogens is 504 g/mol. The minimum Gasteiger partial charge on any atom is -0.394 e. The van der Waals surface area contributed by atoms with Crippen LogP contribution in [0.15, 0.2) is 0 Å². The van der Waals surface area contributed by atoms with Crippen LogP contribution in [0, 0.1) is 0 Å². The zero-order valence-electron chi connectivity index (χ0n) is 20.3. The van der Waals surface area contributed by atoms with Crippen molar-refractivity contribution in [2.75, 3.05) is 26.4 Å². The van der Waals surface area contributed by atoms with Crippen molar-refractivity contribution in [3.8, 4) is 0 Å². The minimum atomic E-state index is -1.61. The van der Waals surface area contributed by atoms with Crippen LogP contribution in [0.3, 0.4) is 0 Å². The Morgan fingerprint density at radius 3 is 2.11 bits per heavy atom. The number of amides is 2. The first-order chi connectivity index (χ1) is 17.4. The van der Waals surface area contributed by atoms with Crippen LogP contribution in [-0.4, -0.2) is 154 Å². The topological polar surface area (TPSA) is 246 Å². The average Bonchev–Trinajstić information content (AvgIpc) is 2.84. The summed E-state index contributed by atoms with van der Waals surface area (Å²) in [6, 6.07) is -2.25. The number of carbonyl (C=O) groups is 2. The van der Waals surface area contributed by atoms with Gasteiger partial charge in [-0.05, 0) is 0 Å². The van der Waals surface area contributed by atoms with E-state index in [-0.39, 0.29) is 19.8 Å². The summed E-state index contributed by atoms with van der Waals surface area (Å²) in [6.45, 7) is 0.868. The van der Waals surface area contributed by atoms with E-state index in [0.29, 0.717) is 0 Å². The Labute approximate surface area is 212 Å². The molecule has 3 saturated heterocycles. The molecule has 3 rings (SSSR count). The van der Waals surface area contributed by atoms with Gasteiger partial charge in [-0.3, -0.25) is 9.59 Å². The molecule has 37 heavy (non-hydrogen) atoms. The van der Waals surface area contributed by atoms with Gasteiger partial charge in [0.15, 0.2) is 12.6 Å². The Bertz CT molecular complexity index is 776. The fraction of sp³-hybridized carbons (Fsp3) is 0.905. The molecule has 2 amide bonds. The Morgan fingerprint density at radius 2 is 1.49 bits per heavy atom. The molecule has 3 aliphatic rings. The highest BCUT2D eigenvalue weighted by Gasteiger charge is 2.50. The van der Waals surface area contributed by atoms with E-state index in [1.54, 1.807) is 0 Å². The van der Waals surface area contributed by atoms with E-state index >= 15 is 0 Å². The monoisotopic (exact) mass is 540 g/mol. The first-order valence-corrected chi connectivity index (χ1v) is 11.8. The molecule has 16 nitrogen and oxygen atoms in total. The summed E-state index contributed by atoms with van der Waals surface area (Å²) in [5, 5.41) is 75.9. The van der Waals surface area contributed by atoms with Crippen molar-refractivity contribution >= 4 is 11.8 Å². The maximum Gasteiger partial charge on any atom is 0.217 e. The van der Waals surface area contributed by atoms with Crippen LogP contribution in [0.5, 0.6) is 0 Å². The second-order valence-corrected chi connectivity index (χ2v) is 9.29. The molecule has 0 aromatic rings. The highest BCUT2D eigenvalue weighted by Crippen LogP contribution is 2.28. The highest BCUT2D eigenvalue weighted by molar-refractivity contribution is 5.73. The molecule has 13 atom stereocenters. The molecule has 0 saturated carbocycles. The van der Waals surface area contributed by atoms with Crippen LogP contribution < -0.4 is 10.6 Å². The Kier molecular flexibility index (Phi) is 10.5. The Hall–Kier alpha value is -1.54. The first-order valence-electron chi connectivity index (χ1n) is 11.8. The van der Waals surface area contributed by atoms with Gasteiger partial charge in [-0.1, -0.05) is 0 Å². The van der Waals surface area contributed by atoms with Gasteiger partial charge in [-0.2, -0.15) is 0 Å². The predicted octanol–water partition coefficient (Wildman–Crippen LogP) is -5.96. The lowest BCUT2D eigenvalue weighted by molar-refractivity contribution is -0.318. The van der Waals surface area contributed by atoms with E-state index in [1.165, 1.54) is 6.92 Å². The fourth-order valence-electron chi connectivity index (χ4n) is 4.43. The quantitative estimate of drug-likeness (QED) is 0.139. The van der Waals surface area contributed by atoms with E-state index in [2.05, 4.69) is 10.6 Å². The van der Waals surface area contributed by atoms with Crippen molar-refractivity contribution in [3.05, 3.63) is 0 Å². The summed E-state index contributed by atoms with van der Waals surface area (Å²) < 4.78 is 27.9. The summed E-state index contributed by atoms with van der Waals surface area (Å²) in [5.74, 6) is -1.05. The lowest BCUT2D eigenvalue weighted by Crippen LogP contribution is -2.68. The molecule has 0 bridgehead atoms. The summed E-state index contributed by atoms with van der Waals surface area (Å²) in [4.78, 5) is 23.3. The molecular formula is C21H36N2O14. The number of aliphatic hydroxyl groups is 7. The number of hydrogen-bond donors (Lipinski definition) is 9. The maximum absolute atomic E-state index is 11.7. The first kappa shape index (κ1) is 30.0. The number of ether oxygens (including phenoxy) is 5. The minimum absolute atomic E-state index is 0.161. The number of rotatable bonds is 8. The highest BCUT2D eigenvalue weighted by atomic mass is 16.7. The van der Waals surface area contributed by atoms with Crippen molar-refractivity contribution in [2.45, 2.75) is 93.4 Å². The van der Waals surface area contributed by atoms with Gasteiger partial charge in [-0.15, -0.1) is 0 Å². The molecule has 0 aliphatic carbocycles. The molecule has 3 heterocycles. The summed E-state index contributed by atoms with van der Waals surface area (Å²) in [5.41, 5.74) is 0. The lowest BCUT2D eigenvalue weighted by atomic mass is 9.95. The standard InChI is InChI=1S/C21H36N2O14/c1-7(25)22-9-4-33-12(6-35-21-18(32)15(29)10(27)5-34-21)19(14(9)28)37-20-13(23-8(2)26)17(31)16(30)11(3-24)36-20/h9-21,24,27-32H,3-6H2,1-2H3,(H,22,25)(H,23,26)/t9-,10+,11+,12+,13+,14+,15+,16+,17+,18-,19+,20-,21-/m0/s1. The van der Waals surface area contributed by atoms with Crippen molar-refractivity contribution in [1.82, 2.24) is 10.6 Å². The average molecular weight is 541 g/mol. The van der Waals surface area contributed by atoms with Crippen LogP contribution in [0.1, 0.15) is 13.8 Å². The molecule has 16 heteroatoms. The third-order valence-corrected chi connectivity index (χ3v) is 6.41. The van der Waals surface area contributed by atoms with E-state index in [0.717, 1.165) is 6.92 Å². The van der Waals surface area contributed by atoms with Gasteiger partial charge in [0.2, 0.25) is 11.8 Å². The van der Waals surface area contributed by atoms with Crippen LogP contribution in [0.4, 0.5) is 0 Å². The number of hydrogen-bond acceptors (Lipinski definition) is 14. The molecule has 214 valence electrons. The van der Waals surface area contributed by atoms with E-state index < -0.39 is 98.0 Å². The van der Waals surface area contributed by atoms with E-state index in [9.17, 15) is 45.3 Å². The number of nitrogens with one attached hydrogen (secondary N) is 2. The molecule has 0 aromatic carbocycles. The lowest BCUT2D eigenvalue weighted by Gasteiger charge is -2.46. The molecule has 0 aromatic heterocycles. The van der Waals surface area contributed by atoms with Gasteiger partial charge < -0.3 is 70.1 Å². The summed E-state index contributed by atoms with van der Waals surface area (Å²) >= 11 is 0. The molecule has 9 N–H and O–H groups in total. The number of carbonyl (C=O) groups excluding carboxylic acids is 2. The van der Waals surface area contributed by atoms with Gasteiger partial charge in [-0.25, -0.2) is 0 Å². The number of aliphatic hydroxyl groups excluding tert-OH is 7. The SMILES string of the molecule is CC(=O)N[C@H]1[C@H](O[C@H]2[C@H](O)[C@@H](NC(C)=O)CO[C@@H]2CO[C@@H]2OC[C@@H](O)[C@@H](O)[C@@H]2O)O[C@H](CO)[C@@H](O)[C@@H]1O. The second-order valence-electron chi connectivity index (χ2n) is 9.29. The molecule has 0 unspecified atom stereocenters. The van der Waals surface area contributed by atoms with Crippen LogP contribution >= 0.6 is 0 Å². The van der Waals surface area contributed by atoms with Crippen LogP contribution in [-0.2, 0) is 33.3 Å². The largest absolute Gasteiger partial charge is 0.394 e. The summed E-state index contributed by atoms with van der Waals surface area (Å²) in [7, 11) is 0. The van der Waals surface area contributed by atoms with Crippen LogP contribution in [0.2, 0.25) is 0 Å². The van der Waals surface area contributed by atoms with Crippen molar-refractivity contribution in [2.24, 2.45) is 0 Å². The Morgan fingerprint density at radius 1 is 0.811 bits per heavy atom. The van der Waals surface area contributed by atoms with Crippen molar-refractivity contribution in [3.63, 3.8) is 0 Å². The van der Waals surface area contributed by atoms with Crippen LogP contribution in [0.25, 0.3) is 0 Å². The zero-order valence-corrected chi connectivity index (χ0v) is 20.3. The van der Waals surface area contributed by atoms with E-state index in [1.807, 2.05) is 0 Å². The third kappa shape index (κ3) is 7.11. The molecule has 0 spiro atoms. The molecule has 3 fully saturated rings. The van der Waals surface area contributed by atoms with Crippen molar-refractivity contribution < 1.29 is 69.0 Å². The van der Waals surface area contributed by atoms with Gasteiger partial charge in [0, 0.05) is 13.8 Å². The predicted molar refractivity (Wildman–Crippen MR) is 117 cm³/mol. The van der Waals surface area contributed by atoms with Crippen molar-refractivity contribution in [1.29, 1.82) is 0 Å². The normalized spacial score (nSPS) is 44.7. The second kappa shape index (κ2) is 13.0. The fourth-order valence-corrected chi connectivity index (χ4v) is 4.43. The smallest absolute Gasteiger partial charge is 0.217 e. The van der Waals surface area contributed by atoms with Gasteiger partial charge >= 0.3 is 0 Å². The molecule has 3 aliphatic heterocycles. The van der Waals surface area contributed by atoms with Gasteiger partial charge in [0.25, 0.3) is 0 Å². The maximum atomic E-state index is 11.7.